The van der Waals surface area contributed by atoms with Crippen LogP contribution < -0.4 is 10.6 Å². The van der Waals surface area contributed by atoms with Crippen LogP contribution in [0.15, 0.2) is 53.1 Å². The smallest absolute Gasteiger partial charge is 0.258 e. The second kappa shape index (κ2) is 5.28. The molecule has 0 spiro atoms. The highest BCUT2D eigenvalue weighted by molar-refractivity contribution is 5.64. The molecule has 0 atom stereocenters. The van der Waals surface area contributed by atoms with Gasteiger partial charge in [-0.05, 0) is 42.5 Å². The molecule has 0 aliphatic carbocycles. The van der Waals surface area contributed by atoms with E-state index in [2.05, 4.69) is 10.1 Å². The van der Waals surface area contributed by atoms with E-state index in [4.69, 9.17) is 10.3 Å². The van der Waals surface area contributed by atoms with Crippen molar-refractivity contribution in [3.8, 4) is 22.8 Å². The minimum Gasteiger partial charge on any atom is -0.399 e. The second-order valence-corrected chi connectivity index (χ2v) is 4.99. The maximum Gasteiger partial charge on any atom is 0.258 e. The topological polar surface area (TPSA) is 68.2 Å². The standard InChI is InChI=1S/C16H16N4O/c1-20(2)14-5-3-4-12(10-14)16-18-15(19-21-16)11-6-8-13(17)9-7-11/h3-10H,17H2,1-2H3. The van der Waals surface area contributed by atoms with Crippen molar-refractivity contribution in [2.75, 3.05) is 24.7 Å². The van der Waals surface area contributed by atoms with Gasteiger partial charge in [0.2, 0.25) is 5.82 Å². The molecule has 2 N–H and O–H groups in total. The van der Waals surface area contributed by atoms with Crippen LogP contribution in [0.2, 0.25) is 0 Å². The monoisotopic (exact) mass is 280 g/mol. The Morgan fingerprint density at radius 3 is 2.48 bits per heavy atom. The summed E-state index contributed by atoms with van der Waals surface area (Å²) >= 11 is 0. The van der Waals surface area contributed by atoms with Crippen LogP contribution in [-0.2, 0) is 0 Å². The zero-order valence-electron chi connectivity index (χ0n) is 11.9. The molecule has 1 heterocycles. The van der Waals surface area contributed by atoms with Crippen molar-refractivity contribution in [3.05, 3.63) is 48.5 Å². The van der Waals surface area contributed by atoms with Crippen LogP contribution in [0.4, 0.5) is 11.4 Å². The summed E-state index contributed by atoms with van der Waals surface area (Å²) in [6.07, 6.45) is 0. The summed E-state index contributed by atoms with van der Waals surface area (Å²) in [6.45, 7) is 0. The van der Waals surface area contributed by atoms with Crippen molar-refractivity contribution in [3.63, 3.8) is 0 Å². The molecule has 5 nitrogen and oxygen atoms in total. The number of aromatic nitrogens is 2. The number of benzene rings is 2. The van der Waals surface area contributed by atoms with E-state index in [1.54, 1.807) is 0 Å². The molecule has 0 fully saturated rings. The van der Waals surface area contributed by atoms with Gasteiger partial charge in [0.15, 0.2) is 0 Å². The Morgan fingerprint density at radius 1 is 1.00 bits per heavy atom. The fourth-order valence-corrected chi connectivity index (χ4v) is 2.01. The molecule has 0 amide bonds. The Kier molecular flexibility index (Phi) is 3.31. The predicted molar refractivity (Wildman–Crippen MR) is 83.9 cm³/mol. The zero-order chi connectivity index (χ0) is 14.8. The van der Waals surface area contributed by atoms with E-state index < -0.39 is 0 Å². The summed E-state index contributed by atoms with van der Waals surface area (Å²) in [5, 5.41) is 4.03. The van der Waals surface area contributed by atoms with Crippen LogP contribution in [0, 0.1) is 0 Å². The summed E-state index contributed by atoms with van der Waals surface area (Å²) < 4.78 is 5.36. The largest absolute Gasteiger partial charge is 0.399 e. The number of nitrogens with zero attached hydrogens (tertiary/aromatic N) is 3. The number of rotatable bonds is 3. The van der Waals surface area contributed by atoms with Gasteiger partial charge < -0.3 is 15.2 Å². The van der Waals surface area contributed by atoms with Crippen molar-refractivity contribution < 1.29 is 4.52 Å². The summed E-state index contributed by atoms with van der Waals surface area (Å²) in [6, 6.07) is 15.3. The Labute approximate surface area is 123 Å². The first-order valence-electron chi connectivity index (χ1n) is 6.61. The second-order valence-electron chi connectivity index (χ2n) is 4.99. The van der Waals surface area contributed by atoms with Gasteiger partial charge >= 0.3 is 0 Å². The fourth-order valence-electron chi connectivity index (χ4n) is 2.01. The van der Waals surface area contributed by atoms with E-state index in [9.17, 15) is 0 Å². The Bertz CT molecular complexity index is 747. The molecule has 2 aromatic carbocycles. The maximum atomic E-state index is 5.68. The third kappa shape index (κ3) is 2.72. The quantitative estimate of drug-likeness (QED) is 0.747. The minimum atomic E-state index is 0.505. The van der Waals surface area contributed by atoms with Gasteiger partial charge in [0, 0.05) is 36.6 Å². The van der Waals surface area contributed by atoms with Crippen LogP contribution in [0.5, 0.6) is 0 Å². The Balaban J connectivity index is 1.94. The average molecular weight is 280 g/mol. The fraction of sp³-hybridized carbons (Fsp3) is 0.125. The van der Waals surface area contributed by atoms with Crippen LogP contribution in [-0.4, -0.2) is 24.2 Å². The zero-order valence-corrected chi connectivity index (χ0v) is 11.9. The van der Waals surface area contributed by atoms with Gasteiger partial charge in [-0.15, -0.1) is 0 Å². The lowest BCUT2D eigenvalue weighted by molar-refractivity contribution is 0.432. The van der Waals surface area contributed by atoms with Gasteiger partial charge in [-0.25, -0.2) is 0 Å². The lowest BCUT2D eigenvalue weighted by atomic mass is 10.2. The summed E-state index contributed by atoms with van der Waals surface area (Å²) in [7, 11) is 3.99. The van der Waals surface area contributed by atoms with E-state index in [0.717, 1.165) is 16.8 Å². The minimum absolute atomic E-state index is 0.505. The third-order valence-corrected chi connectivity index (χ3v) is 3.20. The molecule has 0 aliphatic rings. The molecule has 21 heavy (non-hydrogen) atoms. The van der Waals surface area contributed by atoms with E-state index in [-0.39, 0.29) is 0 Å². The number of hydrogen-bond donors (Lipinski definition) is 1. The molecule has 0 saturated heterocycles. The number of nitrogen functional groups attached to an aromatic ring is 1. The molecule has 0 saturated carbocycles. The molecule has 0 radical (unpaired) electrons. The molecule has 3 aromatic rings. The molecule has 0 unspecified atom stereocenters. The molecule has 0 aliphatic heterocycles. The lowest BCUT2D eigenvalue weighted by Crippen LogP contribution is -2.08. The first kappa shape index (κ1) is 13.2. The van der Waals surface area contributed by atoms with Gasteiger partial charge in [-0.1, -0.05) is 11.2 Å². The molecular formula is C16H16N4O. The molecule has 106 valence electrons. The average Bonchev–Trinajstić information content (AvgIpc) is 2.98. The van der Waals surface area contributed by atoms with E-state index >= 15 is 0 Å². The van der Waals surface area contributed by atoms with Gasteiger partial charge in [0.05, 0.1) is 0 Å². The van der Waals surface area contributed by atoms with Crippen LogP contribution in [0.3, 0.4) is 0 Å². The van der Waals surface area contributed by atoms with Gasteiger partial charge in [-0.3, -0.25) is 0 Å². The SMILES string of the molecule is CN(C)c1cccc(-c2nc(-c3ccc(N)cc3)no2)c1. The summed E-state index contributed by atoms with van der Waals surface area (Å²) in [5.41, 5.74) is 9.25. The molecule has 5 heteroatoms. The van der Waals surface area contributed by atoms with Crippen LogP contribution >= 0.6 is 0 Å². The first-order chi connectivity index (χ1) is 10.1. The van der Waals surface area contributed by atoms with Crippen molar-refractivity contribution in [2.24, 2.45) is 0 Å². The van der Waals surface area contributed by atoms with Crippen LogP contribution in [0.25, 0.3) is 22.8 Å². The van der Waals surface area contributed by atoms with E-state index in [0.29, 0.717) is 17.4 Å². The highest BCUT2D eigenvalue weighted by Crippen LogP contribution is 2.25. The van der Waals surface area contributed by atoms with Crippen LogP contribution in [0.1, 0.15) is 0 Å². The first-order valence-corrected chi connectivity index (χ1v) is 6.61. The summed E-state index contributed by atoms with van der Waals surface area (Å²) in [5.74, 6) is 1.06. The number of anilines is 2. The van der Waals surface area contributed by atoms with Crippen molar-refractivity contribution in [1.29, 1.82) is 0 Å². The predicted octanol–water partition coefficient (Wildman–Crippen LogP) is 3.05. The van der Waals surface area contributed by atoms with Crippen molar-refractivity contribution in [2.45, 2.75) is 0 Å². The maximum absolute atomic E-state index is 5.68. The molecule has 1 aromatic heterocycles. The number of hydrogen-bond acceptors (Lipinski definition) is 5. The lowest BCUT2D eigenvalue weighted by Gasteiger charge is -2.12. The van der Waals surface area contributed by atoms with Gasteiger partial charge in [0.1, 0.15) is 0 Å². The third-order valence-electron chi connectivity index (χ3n) is 3.20. The Hall–Kier alpha value is -2.82. The van der Waals surface area contributed by atoms with E-state index in [1.807, 2.05) is 67.5 Å². The number of nitrogens with two attached hydrogens (primary N) is 1. The van der Waals surface area contributed by atoms with E-state index in [1.165, 1.54) is 0 Å². The molecule has 0 bridgehead atoms. The normalized spacial score (nSPS) is 10.6. The van der Waals surface area contributed by atoms with Gasteiger partial charge in [0.25, 0.3) is 5.89 Å². The summed E-state index contributed by atoms with van der Waals surface area (Å²) in [4.78, 5) is 6.47. The highest BCUT2D eigenvalue weighted by Gasteiger charge is 2.11. The van der Waals surface area contributed by atoms with Crippen molar-refractivity contribution >= 4 is 11.4 Å². The molecule has 3 rings (SSSR count). The molecular weight excluding hydrogens is 264 g/mol. The Morgan fingerprint density at radius 2 is 1.76 bits per heavy atom. The van der Waals surface area contributed by atoms with Gasteiger partial charge in [-0.2, -0.15) is 4.98 Å². The van der Waals surface area contributed by atoms with Crippen molar-refractivity contribution in [1.82, 2.24) is 10.1 Å². The highest BCUT2D eigenvalue weighted by atomic mass is 16.5.